The molecule has 3 heteroatoms. The minimum Gasteiger partial charge on any atom is -0.352 e. The van der Waals surface area contributed by atoms with Gasteiger partial charge in [-0.15, -0.1) is 0 Å². The Kier molecular flexibility index (Phi) is 6.57. The third-order valence-corrected chi connectivity index (χ3v) is 3.59. The van der Waals surface area contributed by atoms with Crippen LogP contribution < -0.4 is 11.1 Å². The standard InChI is InChI=1S/C16H26N2O/c1-4-5-14(8-9-17)11-18-16(19)15-7-6-12(2)13(3)10-15/h6-7,10,14H,4-5,8-9,11,17H2,1-3H3,(H,18,19). The monoisotopic (exact) mass is 262 g/mol. The molecule has 1 unspecified atom stereocenters. The van der Waals surface area contributed by atoms with E-state index in [1.807, 2.05) is 25.1 Å². The van der Waals surface area contributed by atoms with Gasteiger partial charge >= 0.3 is 0 Å². The summed E-state index contributed by atoms with van der Waals surface area (Å²) < 4.78 is 0. The summed E-state index contributed by atoms with van der Waals surface area (Å²) in [5, 5.41) is 3.02. The molecule has 0 aromatic heterocycles. The van der Waals surface area contributed by atoms with E-state index in [1.165, 1.54) is 5.56 Å². The SMILES string of the molecule is CCCC(CCN)CNC(=O)c1ccc(C)c(C)c1. The van der Waals surface area contributed by atoms with E-state index < -0.39 is 0 Å². The van der Waals surface area contributed by atoms with Crippen LogP contribution in [-0.4, -0.2) is 19.0 Å². The summed E-state index contributed by atoms with van der Waals surface area (Å²) in [6.45, 7) is 7.64. The molecule has 0 spiro atoms. The Bertz CT molecular complexity index is 409. The van der Waals surface area contributed by atoms with Gasteiger partial charge in [0.25, 0.3) is 5.91 Å². The lowest BCUT2D eigenvalue weighted by molar-refractivity contribution is 0.0945. The van der Waals surface area contributed by atoms with E-state index in [0.29, 0.717) is 12.5 Å². The maximum Gasteiger partial charge on any atom is 0.251 e. The van der Waals surface area contributed by atoms with Crippen LogP contribution in [0.3, 0.4) is 0 Å². The number of amides is 1. The Hall–Kier alpha value is -1.35. The molecule has 0 radical (unpaired) electrons. The highest BCUT2D eigenvalue weighted by atomic mass is 16.1. The number of nitrogens with two attached hydrogens (primary N) is 1. The van der Waals surface area contributed by atoms with E-state index in [2.05, 4.69) is 19.2 Å². The van der Waals surface area contributed by atoms with E-state index in [-0.39, 0.29) is 5.91 Å². The molecule has 3 N–H and O–H groups in total. The lowest BCUT2D eigenvalue weighted by Crippen LogP contribution is -2.30. The third-order valence-electron chi connectivity index (χ3n) is 3.59. The van der Waals surface area contributed by atoms with Crippen molar-refractivity contribution >= 4 is 5.91 Å². The number of carbonyl (C=O) groups is 1. The summed E-state index contributed by atoms with van der Waals surface area (Å²) in [5.74, 6) is 0.506. The summed E-state index contributed by atoms with van der Waals surface area (Å²) in [5.41, 5.74) is 8.71. The zero-order valence-corrected chi connectivity index (χ0v) is 12.3. The van der Waals surface area contributed by atoms with Crippen molar-refractivity contribution in [2.75, 3.05) is 13.1 Å². The maximum absolute atomic E-state index is 12.1. The zero-order valence-electron chi connectivity index (χ0n) is 12.3. The fraction of sp³-hybridized carbons (Fsp3) is 0.562. The molecule has 0 aliphatic rings. The molecule has 0 saturated carbocycles. The molecular formula is C16H26N2O. The molecule has 0 aliphatic carbocycles. The average Bonchev–Trinajstić information content (AvgIpc) is 2.39. The Morgan fingerprint density at radius 2 is 2.00 bits per heavy atom. The quantitative estimate of drug-likeness (QED) is 0.794. The molecule has 1 aromatic carbocycles. The largest absolute Gasteiger partial charge is 0.352 e. The van der Waals surface area contributed by atoms with E-state index in [4.69, 9.17) is 5.73 Å². The molecule has 3 nitrogen and oxygen atoms in total. The zero-order chi connectivity index (χ0) is 14.3. The van der Waals surface area contributed by atoms with E-state index in [9.17, 15) is 4.79 Å². The van der Waals surface area contributed by atoms with Crippen molar-refractivity contribution in [3.05, 3.63) is 34.9 Å². The second kappa shape index (κ2) is 7.95. The van der Waals surface area contributed by atoms with Crippen LogP contribution in [0.25, 0.3) is 0 Å². The van der Waals surface area contributed by atoms with Crippen LogP contribution in [0.1, 0.15) is 47.7 Å². The van der Waals surface area contributed by atoms with Gasteiger partial charge < -0.3 is 11.1 Å². The molecule has 0 saturated heterocycles. The maximum atomic E-state index is 12.1. The molecule has 0 bridgehead atoms. The molecule has 1 aromatic rings. The average molecular weight is 262 g/mol. The fourth-order valence-corrected chi connectivity index (χ4v) is 2.21. The predicted molar refractivity (Wildman–Crippen MR) is 80.3 cm³/mol. The number of carbonyl (C=O) groups excluding carboxylic acids is 1. The molecule has 1 amide bonds. The molecule has 0 heterocycles. The molecule has 0 aliphatic heterocycles. The molecular weight excluding hydrogens is 236 g/mol. The normalized spacial score (nSPS) is 12.2. The summed E-state index contributed by atoms with van der Waals surface area (Å²) >= 11 is 0. The van der Waals surface area contributed by atoms with E-state index in [1.54, 1.807) is 0 Å². The van der Waals surface area contributed by atoms with E-state index >= 15 is 0 Å². The first-order chi connectivity index (χ1) is 9.08. The summed E-state index contributed by atoms with van der Waals surface area (Å²) in [6, 6.07) is 5.82. The van der Waals surface area contributed by atoms with Gasteiger partial charge in [0.1, 0.15) is 0 Å². The summed E-state index contributed by atoms with van der Waals surface area (Å²) in [6.07, 6.45) is 3.22. The second-order valence-corrected chi connectivity index (χ2v) is 5.24. The lowest BCUT2D eigenvalue weighted by Gasteiger charge is -2.16. The van der Waals surface area contributed by atoms with Crippen molar-refractivity contribution < 1.29 is 4.79 Å². The van der Waals surface area contributed by atoms with Crippen LogP contribution >= 0.6 is 0 Å². The van der Waals surface area contributed by atoms with Gasteiger partial charge in [-0.3, -0.25) is 4.79 Å². The minimum atomic E-state index is 0.0150. The van der Waals surface area contributed by atoms with Crippen molar-refractivity contribution in [3.63, 3.8) is 0 Å². The fourth-order valence-electron chi connectivity index (χ4n) is 2.21. The molecule has 106 valence electrons. The van der Waals surface area contributed by atoms with Crippen molar-refractivity contribution in [2.45, 2.75) is 40.0 Å². The Labute approximate surface area is 116 Å². The van der Waals surface area contributed by atoms with Crippen LogP contribution in [0.15, 0.2) is 18.2 Å². The first-order valence-electron chi connectivity index (χ1n) is 7.14. The number of rotatable bonds is 7. The van der Waals surface area contributed by atoms with Gasteiger partial charge in [-0.05, 0) is 62.4 Å². The Morgan fingerprint density at radius 1 is 1.26 bits per heavy atom. The summed E-state index contributed by atoms with van der Waals surface area (Å²) in [4.78, 5) is 12.1. The van der Waals surface area contributed by atoms with Crippen LogP contribution in [0.5, 0.6) is 0 Å². The molecule has 19 heavy (non-hydrogen) atoms. The van der Waals surface area contributed by atoms with Gasteiger partial charge in [-0.1, -0.05) is 19.4 Å². The number of nitrogens with one attached hydrogen (secondary N) is 1. The van der Waals surface area contributed by atoms with Crippen molar-refractivity contribution in [1.82, 2.24) is 5.32 Å². The van der Waals surface area contributed by atoms with Gasteiger partial charge in [0.15, 0.2) is 0 Å². The molecule has 1 rings (SSSR count). The Morgan fingerprint density at radius 3 is 2.58 bits per heavy atom. The minimum absolute atomic E-state index is 0.0150. The van der Waals surface area contributed by atoms with Crippen LogP contribution in [0.4, 0.5) is 0 Å². The number of aryl methyl sites for hydroxylation is 2. The smallest absolute Gasteiger partial charge is 0.251 e. The lowest BCUT2D eigenvalue weighted by atomic mass is 9.99. The van der Waals surface area contributed by atoms with Gasteiger partial charge in [-0.2, -0.15) is 0 Å². The van der Waals surface area contributed by atoms with Crippen molar-refractivity contribution in [2.24, 2.45) is 11.7 Å². The van der Waals surface area contributed by atoms with Gasteiger partial charge in [0.05, 0.1) is 0 Å². The predicted octanol–water partition coefficient (Wildman–Crippen LogP) is 2.80. The first-order valence-corrected chi connectivity index (χ1v) is 7.14. The van der Waals surface area contributed by atoms with Crippen LogP contribution in [-0.2, 0) is 0 Å². The van der Waals surface area contributed by atoms with E-state index in [0.717, 1.165) is 36.9 Å². The highest BCUT2D eigenvalue weighted by molar-refractivity contribution is 5.94. The highest BCUT2D eigenvalue weighted by Crippen LogP contribution is 2.11. The highest BCUT2D eigenvalue weighted by Gasteiger charge is 2.11. The number of hydrogen-bond donors (Lipinski definition) is 2. The number of benzene rings is 1. The van der Waals surface area contributed by atoms with Crippen molar-refractivity contribution in [1.29, 1.82) is 0 Å². The molecule has 0 fully saturated rings. The van der Waals surface area contributed by atoms with Crippen LogP contribution in [0, 0.1) is 19.8 Å². The Balaban J connectivity index is 2.56. The van der Waals surface area contributed by atoms with Crippen molar-refractivity contribution in [3.8, 4) is 0 Å². The first kappa shape index (κ1) is 15.7. The van der Waals surface area contributed by atoms with Gasteiger partial charge in [0.2, 0.25) is 0 Å². The topological polar surface area (TPSA) is 55.1 Å². The second-order valence-electron chi connectivity index (χ2n) is 5.24. The third kappa shape index (κ3) is 5.03. The van der Waals surface area contributed by atoms with Gasteiger partial charge in [-0.25, -0.2) is 0 Å². The summed E-state index contributed by atoms with van der Waals surface area (Å²) in [7, 11) is 0. The number of hydrogen-bond acceptors (Lipinski definition) is 2. The molecule has 1 atom stereocenters. The van der Waals surface area contributed by atoms with Gasteiger partial charge in [0, 0.05) is 12.1 Å². The van der Waals surface area contributed by atoms with Crippen LogP contribution in [0.2, 0.25) is 0 Å².